The summed E-state index contributed by atoms with van der Waals surface area (Å²) < 4.78 is 7.10. The summed E-state index contributed by atoms with van der Waals surface area (Å²) in [6.45, 7) is 1.93. The van der Waals surface area contributed by atoms with Crippen molar-refractivity contribution in [2.75, 3.05) is 24.3 Å². The molecule has 0 saturated carbocycles. The normalized spacial score (nSPS) is 17.8. The molecule has 0 bridgehead atoms. The van der Waals surface area contributed by atoms with Crippen LogP contribution in [0.2, 0.25) is 0 Å². The van der Waals surface area contributed by atoms with Crippen molar-refractivity contribution in [2.24, 2.45) is 5.16 Å². The van der Waals surface area contributed by atoms with Crippen LogP contribution in [0.4, 0.5) is 5.13 Å². The number of fused-ring (bicyclic) bond motifs is 1. The molecule has 0 spiro atoms. The molecule has 1 fully saturated rings. The number of esters is 1. The van der Waals surface area contributed by atoms with E-state index in [-0.39, 0.29) is 16.5 Å². The molecule has 0 aliphatic carbocycles. The van der Waals surface area contributed by atoms with Crippen molar-refractivity contribution in [2.45, 2.75) is 28.8 Å². The summed E-state index contributed by atoms with van der Waals surface area (Å²) in [5, 5.41) is 8.32. The van der Waals surface area contributed by atoms with E-state index in [1.165, 1.54) is 53.1 Å². The number of ether oxygens (including phenoxy) is 1. The van der Waals surface area contributed by atoms with Crippen LogP contribution in [0.3, 0.4) is 0 Å². The Balaban J connectivity index is 1.28. The largest absolute Gasteiger partial charge is 0.448 e. The van der Waals surface area contributed by atoms with E-state index in [0.717, 1.165) is 38.1 Å². The average molecular weight is 693 g/mol. The number of nitrogens with zero attached hydrogens (tertiary/aromatic N) is 4. The second kappa shape index (κ2) is 14.1. The smallest absolute Gasteiger partial charge is 0.356 e. The summed E-state index contributed by atoms with van der Waals surface area (Å²) in [6.07, 6.45) is 0.722. The van der Waals surface area contributed by atoms with Crippen molar-refractivity contribution in [3.63, 3.8) is 0 Å². The van der Waals surface area contributed by atoms with Crippen LogP contribution in [0.25, 0.3) is 0 Å². The maximum Gasteiger partial charge on any atom is 0.356 e. The van der Waals surface area contributed by atoms with Crippen molar-refractivity contribution >= 4 is 74.8 Å². The number of benzene rings is 2. The molecule has 46 heavy (non-hydrogen) atoms. The van der Waals surface area contributed by atoms with Gasteiger partial charge in [0.2, 0.25) is 0 Å². The van der Waals surface area contributed by atoms with Crippen LogP contribution in [0.1, 0.15) is 27.8 Å². The summed E-state index contributed by atoms with van der Waals surface area (Å²) in [5.74, 6) is -0.771. The number of anilines is 1. The fourth-order valence-electron chi connectivity index (χ4n) is 4.97. The zero-order valence-corrected chi connectivity index (χ0v) is 27.9. The standard InChI is InChI=1S/C31H28N6O5S4/c1-17-14-44-31(34-17)45-16-20-15-43-28-23(35-26(38)22(36-41-2)21-13-33-30(32)46-21)27(39)37(28)24(20)29(40)42-25(18-9-5-3-6-10-18)19-11-7-4-8-12-19/h3-14,23,25,28H,15-16H2,1-2H3,(H2,32,33)(H,35,38)/b36-22+/t23-,28-/m1/s1. The zero-order valence-electron chi connectivity index (χ0n) is 24.6. The highest BCUT2D eigenvalue weighted by atomic mass is 32.2. The van der Waals surface area contributed by atoms with E-state index < -0.39 is 35.3 Å². The average Bonchev–Trinajstić information content (AvgIpc) is 3.71. The predicted molar refractivity (Wildman–Crippen MR) is 181 cm³/mol. The van der Waals surface area contributed by atoms with Gasteiger partial charge < -0.3 is 20.6 Å². The lowest BCUT2D eigenvalue weighted by molar-refractivity contribution is -0.154. The number of rotatable bonds is 11. The molecule has 0 radical (unpaired) electrons. The third-order valence-electron chi connectivity index (χ3n) is 7.08. The third kappa shape index (κ3) is 6.67. The van der Waals surface area contributed by atoms with E-state index in [1.807, 2.05) is 73.0 Å². The lowest BCUT2D eigenvalue weighted by Crippen LogP contribution is -2.71. The van der Waals surface area contributed by atoms with Crippen molar-refractivity contribution < 1.29 is 24.0 Å². The molecule has 236 valence electrons. The summed E-state index contributed by atoms with van der Waals surface area (Å²) in [5.41, 5.74) is 9.16. The van der Waals surface area contributed by atoms with Gasteiger partial charge in [-0.05, 0) is 23.6 Å². The summed E-state index contributed by atoms with van der Waals surface area (Å²) >= 11 is 5.57. The van der Waals surface area contributed by atoms with Crippen LogP contribution < -0.4 is 11.1 Å². The molecule has 2 aromatic heterocycles. The minimum Gasteiger partial charge on any atom is -0.448 e. The van der Waals surface area contributed by atoms with Crippen molar-refractivity contribution in [1.29, 1.82) is 0 Å². The number of thiazole rings is 2. The number of β-lactam (4-membered cyclic amide) rings is 1. The van der Waals surface area contributed by atoms with Gasteiger partial charge in [-0.25, -0.2) is 14.8 Å². The third-order valence-corrected chi connectivity index (χ3v) is 11.5. The molecule has 2 amide bonds. The predicted octanol–water partition coefficient (Wildman–Crippen LogP) is 4.62. The molecule has 4 heterocycles. The molecule has 2 atom stereocenters. The first-order valence-electron chi connectivity index (χ1n) is 14.0. The molecular weight excluding hydrogens is 665 g/mol. The Morgan fingerprint density at radius 1 is 1.15 bits per heavy atom. The van der Waals surface area contributed by atoms with E-state index in [0.29, 0.717) is 16.4 Å². The number of carbonyl (C=O) groups excluding carboxylic acids is 3. The Bertz CT molecular complexity index is 1770. The number of hydrogen-bond acceptors (Lipinski definition) is 13. The summed E-state index contributed by atoms with van der Waals surface area (Å²) in [4.78, 5) is 56.5. The van der Waals surface area contributed by atoms with Gasteiger partial charge in [0.1, 0.15) is 28.6 Å². The highest BCUT2D eigenvalue weighted by Crippen LogP contribution is 2.43. The van der Waals surface area contributed by atoms with Gasteiger partial charge in [-0.2, -0.15) is 0 Å². The summed E-state index contributed by atoms with van der Waals surface area (Å²) in [6, 6.07) is 18.0. The second-order valence-electron chi connectivity index (χ2n) is 10.1. The van der Waals surface area contributed by atoms with Crippen molar-refractivity contribution in [1.82, 2.24) is 20.2 Å². The fourth-order valence-corrected chi connectivity index (χ4v) is 8.97. The fraction of sp³-hybridized carbons (Fsp3) is 0.226. The Kier molecular flexibility index (Phi) is 9.72. The van der Waals surface area contributed by atoms with Crippen molar-refractivity contribution in [3.05, 3.63) is 105 Å². The molecule has 4 aromatic rings. The SMILES string of the molecule is CO/N=C(/C(=O)N[C@@H]1C(=O)N2C(C(=O)OC(c3ccccc3)c3ccccc3)=C(CSc3nc(C)cs3)CS[C@H]12)c1cnc(N)s1. The molecule has 6 rings (SSSR count). The number of aryl methyl sites for hydroxylation is 1. The number of nitrogens with one attached hydrogen (secondary N) is 1. The zero-order chi connectivity index (χ0) is 32.2. The van der Waals surface area contributed by atoms with Gasteiger partial charge in [0.25, 0.3) is 11.8 Å². The Morgan fingerprint density at radius 3 is 2.43 bits per heavy atom. The molecule has 11 nitrogen and oxygen atoms in total. The van der Waals surface area contributed by atoms with Gasteiger partial charge in [0, 0.05) is 28.8 Å². The quantitative estimate of drug-likeness (QED) is 0.0750. The van der Waals surface area contributed by atoms with E-state index in [2.05, 4.69) is 20.4 Å². The van der Waals surface area contributed by atoms with Gasteiger partial charge >= 0.3 is 5.97 Å². The Morgan fingerprint density at radius 2 is 1.85 bits per heavy atom. The first-order valence-corrected chi connectivity index (χ1v) is 17.7. The number of oxime groups is 1. The van der Waals surface area contributed by atoms with Crippen LogP contribution >= 0.6 is 46.2 Å². The second-order valence-corrected chi connectivity index (χ2v) is 14.4. The molecule has 2 aromatic carbocycles. The minimum absolute atomic E-state index is 0.0525. The van der Waals surface area contributed by atoms with Gasteiger partial charge in [-0.15, -0.1) is 23.1 Å². The molecule has 15 heteroatoms. The number of aromatic nitrogens is 2. The van der Waals surface area contributed by atoms with Crippen LogP contribution in [0, 0.1) is 6.92 Å². The van der Waals surface area contributed by atoms with Gasteiger partial charge in [0.15, 0.2) is 16.9 Å². The lowest BCUT2D eigenvalue weighted by atomic mass is 10.0. The number of carbonyl (C=O) groups is 3. The van der Waals surface area contributed by atoms with Gasteiger partial charge in [0.05, 0.1) is 4.88 Å². The van der Waals surface area contributed by atoms with E-state index in [4.69, 9.17) is 15.3 Å². The molecule has 2 aliphatic heterocycles. The summed E-state index contributed by atoms with van der Waals surface area (Å²) in [7, 11) is 1.32. The monoisotopic (exact) mass is 692 g/mol. The van der Waals surface area contributed by atoms with E-state index in [1.54, 1.807) is 0 Å². The van der Waals surface area contributed by atoms with Gasteiger partial charge in [-0.1, -0.05) is 88.9 Å². The molecule has 2 aliphatic rings. The van der Waals surface area contributed by atoms with Crippen LogP contribution in [-0.4, -0.2) is 68.4 Å². The number of thioether (sulfide) groups is 2. The lowest BCUT2D eigenvalue weighted by Gasteiger charge is -2.49. The van der Waals surface area contributed by atoms with Gasteiger partial charge in [-0.3, -0.25) is 14.5 Å². The molecule has 1 saturated heterocycles. The van der Waals surface area contributed by atoms with Crippen LogP contribution in [0.15, 0.2) is 93.0 Å². The van der Waals surface area contributed by atoms with Crippen LogP contribution in [0.5, 0.6) is 0 Å². The minimum atomic E-state index is -0.900. The van der Waals surface area contributed by atoms with E-state index in [9.17, 15) is 14.4 Å². The number of hydrogen-bond donors (Lipinski definition) is 2. The highest BCUT2D eigenvalue weighted by Gasteiger charge is 2.55. The van der Waals surface area contributed by atoms with E-state index >= 15 is 0 Å². The maximum atomic E-state index is 14.2. The molecular formula is C31H28N6O5S4. The van der Waals surface area contributed by atoms with Crippen LogP contribution in [-0.2, 0) is 24.0 Å². The highest BCUT2D eigenvalue weighted by molar-refractivity contribution is 8.01. The Labute approximate surface area is 281 Å². The number of amides is 2. The topological polar surface area (TPSA) is 149 Å². The first kappa shape index (κ1) is 31.8. The number of nitrogens with two attached hydrogens (primary N) is 1. The first-order chi connectivity index (χ1) is 22.3. The van der Waals surface area contributed by atoms with Crippen molar-refractivity contribution in [3.8, 4) is 0 Å². The maximum absolute atomic E-state index is 14.2. The number of nitrogen functional groups attached to an aromatic ring is 1. The molecule has 0 unspecified atom stereocenters. The molecule has 3 N–H and O–H groups in total. The Hall–Kier alpha value is -4.18.